The number of aliphatic carboxylic acids is 1. The highest BCUT2D eigenvalue weighted by atomic mass is 19.3. The lowest BCUT2D eigenvalue weighted by Crippen LogP contribution is -2.38. The van der Waals surface area contributed by atoms with Crippen molar-refractivity contribution in [2.24, 2.45) is 11.3 Å². The third-order valence-corrected chi connectivity index (χ3v) is 4.85. The number of methoxy groups -OCH3 is 1. The lowest BCUT2D eigenvalue weighted by atomic mass is 9.80. The fraction of sp³-hybridized carbons (Fsp3) is 0.471. The number of halogens is 2. The molecular formula is C17H19F2N3O3. The predicted molar refractivity (Wildman–Crippen MR) is 88.3 cm³/mol. The van der Waals surface area contributed by atoms with Crippen LogP contribution in [0.4, 0.5) is 14.6 Å². The summed E-state index contributed by atoms with van der Waals surface area (Å²) in [6.07, 6.45) is -2.74. The summed E-state index contributed by atoms with van der Waals surface area (Å²) in [5.74, 6) is -1.30. The first kappa shape index (κ1) is 17.3. The number of aromatic nitrogens is 2. The molecule has 1 fully saturated rings. The molecule has 1 saturated heterocycles. The summed E-state index contributed by atoms with van der Waals surface area (Å²) in [6, 6.07) is 5.22. The number of carboxylic acid groups (broad SMARTS) is 1. The Labute approximate surface area is 143 Å². The molecule has 6 nitrogen and oxygen atoms in total. The van der Waals surface area contributed by atoms with Gasteiger partial charge in [0.05, 0.1) is 35.2 Å². The number of nitrogens with zero attached hydrogens (tertiary/aromatic N) is 3. The maximum Gasteiger partial charge on any atom is 0.309 e. The third kappa shape index (κ3) is 2.85. The second kappa shape index (κ2) is 6.09. The zero-order valence-electron chi connectivity index (χ0n) is 14.2. The van der Waals surface area contributed by atoms with Gasteiger partial charge in [-0.1, -0.05) is 6.92 Å². The molecule has 1 aliphatic rings. The molecule has 1 aliphatic heterocycles. The normalized spacial score (nSPS) is 23.4. The summed E-state index contributed by atoms with van der Waals surface area (Å²) in [4.78, 5) is 22.0. The van der Waals surface area contributed by atoms with E-state index in [2.05, 4.69) is 9.97 Å². The Morgan fingerprint density at radius 2 is 2.12 bits per heavy atom. The largest absolute Gasteiger partial charge is 0.497 e. The Morgan fingerprint density at radius 1 is 1.40 bits per heavy atom. The van der Waals surface area contributed by atoms with Gasteiger partial charge in [-0.25, -0.2) is 18.7 Å². The molecule has 134 valence electrons. The highest BCUT2D eigenvalue weighted by molar-refractivity contribution is 5.79. The number of alkyl halides is 2. The minimum atomic E-state index is -2.74. The average molecular weight is 351 g/mol. The number of aryl methyl sites for hydroxylation is 1. The molecule has 0 aliphatic carbocycles. The Hall–Kier alpha value is -2.51. The van der Waals surface area contributed by atoms with Crippen LogP contribution in [0.15, 0.2) is 18.2 Å². The van der Waals surface area contributed by atoms with Crippen molar-refractivity contribution in [3.63, 3.8) is 0 Å². The average Bonchev–Trinajstić information content (AvgIpc) is 2.93. The van der Waals surface area contributed by atoms with Gasteiger partial charge in [0.1, 0.15) is 5.75 Å². The Balaban J connectivity index is 2.02. The first-order valence-electron chi connectivity index (χ1n) is 7.84. The molecule has 2 aromatic rings. The van der Waals surface area contributed by atoms with Crippen LogP contribution in [0.3, 0.4) is 0 Å². The second-order valence-corrected chi connectivity index (χ2v) is 6.57. The highest BCUT2D eigenvalue weighted by Gasteiger charge is 2.53. The van der Waals surface area contributed by atoms with E-state index in [1.807, 2.05) is 0 Å². The van der Waals surface area contributed by atoms with Gasteiger partial charge in [-0.15, -0.1) is 0 Å². The molecule has 2 heterocycles. The number of benzene rings is 1. The van der Waals surface area contributed by atoms with E-state index in [9.17, 15) is 18.7 Å². The molecule has 2 unspecified atom stereocenters. The minimum absolute atomic E-state index is 0.0205. The zero-order chi connectivity index (χ0) is 18.4. The van der Waals surface area contributed by atoms with E-state index >= 15 is 0 Å². The van der Waals surface area contributed by atoms with Crippen LogP contribution in [-0.2, 0) is 4.79 Å². The fourth-order valence-corrected chi connectivity index (χ4v) is 3.30. The first-order chi connectivity index (χ1) is 11.8. The van der Waals surface area contributed by atoms with E-state index in [-0.39, 0.29) is 13.1 Å². The molecule has 0 amide bonds. The fourth-order valence-electron chi connectivity index (χ4n) is 3.30. The van der Waals surface area contributed by atoms with Gasteiger partial charge in [0.25, 0.3) is 0 Å². The van der Waals surface area contributed by atoms with Crippen LogP contribution < -0.4 is 9.64 Å². The van der Waals surface area contributed by atoms with Crippen LogP contribution >= 0.6 is 0 Å². The molecule has 0 spiro atoms. The Bertz CT molecular complexity index is 830. The van der Waals surface area contributed by atoms with E-state index in [4.69, 9.17) is 4.74 Å². The summed E-state index contributed by atoms with van der Waals surface area (Å²) in [5, 5.41) is 9.35. The highest BCUT2D eigenvalue weighted by Crippen LogP contribution is 2.43. The monoisotopic (exact) mass is 351 g/mol. The van der Waals surface area contributed by atoms with Crippen molar-refractivity contribution in [3.8, 4) is 5.75 Å². The minimum Gasteiger partial charge on any atom is -0.497 e. The number of carbonyl (C=O) groups is 1. The molecular weight excluding hydrogens is 332 g/mol. The summed E-state index contributed by atoms with van der Waals surface area (Å²) in [5.41, 5.74) is 0.156. The van der Waals surface area contributed by atoms with E-state index in [0.717, 1.165) is 0 Å². The molecule has 1 aromatic carbocycles. The van der Waals surface area contributed by atoms with E-state index in [1.54, 1.807) is 37.1 Å². The topological polar surface area (TPSA) is 75.5 Å². The first-order valence-corrected chi connectivity index (χ1v) is 7.84. The van der Waals surface area contributed by atoms with Crippen molar-refractivity contribution < 1.29 is 23.4 Å². The van der Waals surface area contributed by atoms with Crippen LogP contribution in [0.2, 0.25) is 0 Å². The van der Waals surface area contributed by atoms with Crippen molar-refractivity contribution in [1.82, 2.24) is 9.97 Å². The SMILES string of the molecule is COc1ccc2nc(N3CC(C(=O)O)C(C)(C(F)F)C3)c(C)nc2c1. The molecule has 0 saturated carbocycles. The van der Waals surface area contributed by atoms with E-state index < -0.39 is 23.7 Å². The Morgan fingerprint density at radius 3 is 2.68 bits per heavy atom. The van der Waals surface area contributed by atoms with Gasteiger partial charge in [0.2, 0.25) is 6.43 Å². The standard InChI is InChI=1S/C17H19F2N3O3/c1-9-14(21-12-5-4-10(25-3)6-13(12)20-9)22-7-11(15(23)24)17(2,8-22)16(18)19/h4-6,11,16H,7-8H2,1-3H3,(H,23,24). The van der Waals surface area contributed by atoms with E-state index in [0.29, 0.717) is 28.3 Å². The number of hydrogen-bond donors (Lipinski definition) is 1. The summed E-state index contributed by atoms with van der Waals surface area (Å²) >= 11 is 0. The maximum atomic E-state index is 13.5. The van der Waals surface area contributed by atoms with Gasteiger partial charge in [-0.05, 0) is 19.1 Å². The smallest absolute Gasteiger partial charge is 0.309 e. The van der Waals surface area contributed by atoms with Gasteiger partial charge in [0, 0.05) is 19.2 Å². The van der Waals surface area contributed by atoms with Crippen molar-refractivity contribution in [2.75, 3.05) is 25.1 Å². The molecule has 0 radical (unpaired) electrons. The maximum absolute atomic E-state index is 13.5. The predicted octanol–water partition coefficient (Wildman–Crippen LogP) is 2.74. The molecule has 8 heteroatoms. The van der Waals surface area contributed by atoms with Crippen LogP contribution in [-0.4, -0.2) is 47.7 Å². The molecule has 25 heavy (non-hydrogen) atoms. The molecule has 1 aromatic heterocycles. The molecule has 3 rings (SSSR count). The quantitative estimate of drug-likeness (QED) is 0.913. The summed E-state index contributed by atoms with van der Waals surface area (Å²) in [6.45, 7) is 2.94. The number of fused-ring (bicyclic) bond motifs is 1. The lowest BCUT2D eigenvalue weighted by Gasteiger charge is -2.27. The van der Waals surface area contributed by atoms with Gasteiger partial charge in [0.15, 0.2) is 5.82 Å². The number of rotatable bonds is 4. The number of carboxylic acids is 1. The lowest BCUT2D eigenvalue weighted by molar-refractivity contribution is -0.148. The van der Waals surface area contributed by atoms with Gasteiger partial charge >= 0.3 is 5.97 Å². The van der Waals surface area contributed by atoms with Gasteiger partial charge in [-0.2, -0.15) is 0 Å². The van der Waals surface area contributed by atoms with Crippen molar-refractivity contribution in [1.29, 1.82) is 0 Å². The zero-order valence-corrected chi connectivity index (χ0v) is 14.2. The third-order valence-electron chi connectivity index (χ3n) is 4.85. The second-order valence-electron chi connectivity index (χ2n) is 6.57. The van der Waals surface area contributed by atoms with Crippen LogP contribution in [0.5, 0.6) is 5.75 Å². The van der Waals surface area contributed by atoms with Crippen molar-refractivity contribution in [3.05, 3.63) is 23.9 Å². The van der Waals surface area contributed by atoms with Gasteiger partial charge < -0.3 is 14.7 Å². The van der Waals surface area contributed by atoms with Crippen LogP contribution in [0.25, 0.3) is 11.0 Å². The van der Waals surface area contributed by atoms with E-state index in [1.165, 1.54) is 6.92 Å². The van der Waals surface area contributed by atoms with Gasteiger partial charge in [-0.3, -0.25) is 4.79 Å². The molecule has 0 bridgehead atoms. The Kier molecular flexibility index (Phi) is 4.22. The van der Waals surface area contributed by atoms with Crippen molar-refractivity contribution in [2.45, 2.75) is 20.3 Å². The summed E-state index contributed by atoms with van der Waals surface area (Å²) < 4.78 is 32.2. The molecule has 2 atom stereocenters. The summed E-state index contributed by atoms with van der Waals surface area (Å²) in [7, 11) is 1.55. The number of hydrogen-bond acceptors (Lipinski definition) is 5. The van der Waals surface area contributed by atoms with Crippen molar-refractivity contribution >= 4 is 22.8 Å². The molecule has 1 N–H and O–H groups in total. The number of anilines is 1. The van der Waals surface area contributed by atoms with Crippen LogP contribution in [0.1, 0.15) is 12.6 Å². The number of ether oxygens (including phenoxy) is 1. The van der Waals surface area contributed by atoms with Crippen LogP contribution in [0, 0.1) is 18.3 Å².